The number of benzene rings is 2. The smallest absolute Gasteiger partial charge is 0.260 e. The van der Waals surface area contributed by atoms with Crippen LogP contribution in [-0.4, -0.2) is 68.1 Å². The minimum Gasteiger partial charge on any atom is -0.493 e. The molecule has 1 heterocycles. The molecule has 172 valence electrons. The zero-order valence-corrected chi connectivity index (χ0v) is 18.9. The van der Waals surface area contributed by atoms with E-state index < -0.39 is 0 Å². The fourth-order valence-electron chi connectivity index (χ4n) is 3.67. The molecular formula is C25H32N2O5. The van der Waals surface area contributed by atoms with Crippen molar-refractivity contribution in [2.24, 2.45) is 0 Å². The lowest BCUT2D eigenvalue weighted by Gasteiger charge is -2.22. The number of carbonyl (C=O) groups excluding carboxylic acids is 2. The minimum atomic E-state index is -0.0863. The molecule has 0 aliphatic carbocycles. The van der Waals surface area contributed by atoms with Gasteiger partial charge < -0.3 is 24.0 Å². The Kier molecular flexibility index (Phi) is 8.78. The lowest BCUT2D eigenvalue weighted by Crippen LogP contribution is -2.39. The molecule has 0 atom stereocenters. The first-order valence-corrected chi connectivity index (χ1v) is 11.1. The van der Waals surface area contributed by atoms with Crippen LogP contribution in [0.4, 0.5) is 0 Å². The number of para-hydroxylation sites is 3. The second-order valence-corrected chi connectivity index (χ2v) is 7.77. The Hall–Kier alpha value is -3.22. The van der Waals surface area contributed by atoms with Gasteiger partial charge in [-0.05, 0) is 43.5 Å². The summed E-state index contributed by atoms with van der Waals surface area (Å²) >= 11 is 0. The third-order valence-corrected chi connectivity index (χ3v) is 5.51. The first kappa shape index (κ1) is 23.4. The van der Waals surface area contributed by atoms with Crippen molar-refractivity contribution in [3.63, 3.8) is 0 Å². The molecule has 1 fully saturated rings. The number of rotatable bonds is 9. The third-order valence-electron chi connectivity index (χ3n) is 5.51. The van der Waals surface area contributed by atoms with Crippen molar-refractivity contribution in [2.75, 3.05) is 46.5 Å². The van der Waals surface area contributed by atoms with Crippen LogP contribution in [0, 0.1) is 6.92 Å². The summed E-state index contributed by atoms with van der Waals surface area (Å²) in [6.45, 7) is 4.80. The van der Waals surface area contributed by atoms with Crippen LogP contribution in [-0.2, 0) is 9.59 Å². The number of hydrogen-bond acceptors (Lipinski definition) is 5. The van der Waals surface area contributed by atoms with E-state index in [2.05, 4.69) is 0 Å². The SMILES string of the molecule is COc1ccccc1OCC(=O)N1CCCN(C(=O)CCCOc2ccccc2C)CC1. The maximum Gasteiger partial charge on any atom is 0.260 e. The van der Waals surface area contributed by atoms with Crippen molar-refractivity contribution in [1.82, 2.24) is 9.80 Å². The fourth-order valence-corrected chi connectivity index (χ4v) is 3.67. The molecule has 7 heteroatoms. The van der Waals surface area contributed by atoms with Crippen LogP contribution < -0.4 is 14.2 Å². The van der Waals surface area contributed by atoms with Crippen LogP contribution in [0.15, 0.2) is 48.5 Å². The summed E-state index contributed by atoms with van der Waals surface area (Å²) in [5.74, 6) is 2.02. The van der Waals surface area contributed by atoms with E-state index in [1.807, 2.05) is 48.2 Å². The number of amides is 2. The number of nitrogens with zero attached hydrogens (tertiary/aromatic N) is 2. The summed E-state index contributed by atoms with van der Waals surface area (Å²) in [6, 6.07) is 15.1. The molecule has 0 unspecified atom stereocenters. The van der Waals surface area contributed by atoms with Gasteiger partial charge in [0.1, 0.15) is 5.75 Å². The Morgan fingerprint density at radius 3 is 2.12 bits per heavy atom. The molecule has 0 N–H and O–H groups in total. The van der Waals surface area contributed by atoms with Gasteiger partial charge in [0.15, 0.2) is 18.1 Å². The zero-order valence-electron chi connectivity index (χ0n) is 18.9. The number of carbonyl (C=O) groups is 2. The van der Waals surface area contributed by atoms with Crippen molar-refractivity contribution in [1.29, 1.82) is 0 Å². The average molecular weight is 441 g/mol. The van der Waals surface area contributed by atoms with Crippen molar-refractivity contribution < 1.29 is 23.8 Å². The van der Waals surface area contributed by atoms with Crippen molar-refractivity contribution in [3.05, 3.63) is 54.1 Å². The molecule has 2 aromatic rings. The Morgan fingerprint density at radius 1 is 0.812 bits per heavy atom. The molecule has 0 spiro atoms. The van der Waals surface area contributed by atoms with Crippen LogP contribution >= 0.6 is 0 Å². The van der Waals surface area contributed by atoms with Gasteiger partial charge in [0.25, 0.3) is 5.91 Å². The summed E-state index contributed by atoms with van der Waals surface area (Å²) in [4.78, 5) is 28.8. The van der Waals surface area contributed by atoms with Gasteiger partial charge >= 0.3 is 0 Å². The summed E-state index contributed by atoms with van der Waals surface area (Å²) in [6.07, 6.45) is 1.86. The third kappa shape index (κ3) is 6.64. The topological polar surface area (TPSA) is 68.3 Å². The molecule has 32 heavy (non-hydrogen) atoms. The van der Waals surface area contributed by atoms with Gasteiger partial charge in [-0.2, -0.15) is 0 Å². The number of aryl methyl sites for hydroxylation is 1. The predicted molar refractivity (Wildman–Crippen MR) is 122 cm³/mol. The van der Waals surface area contributed by atoms with Crippen LogP contribution in [0.1, 0.15) is 24.8 Å². The van der Waals surface area contributed by atoms with Gasteiger partial charge in [-0.3, -0.25) is 9.59 Å². The van der Waals surface area contributed by atoms with Gasteiger partial charge in [0.2, 0.25) is 5.91 Å². The lowest BCUT2D eigenvalue weighted by molar-refractivity contribution is -0.134. The molecule has 0 aromatic heterocycles. The molecule has 7 nitrogen and oxygen atoms in total. The molecule has 0 saturated carbocycles. The first-order chi connectivity index (χ1) is 15.6. The highest BCUT2D eigenvalue weighted by atomic mass is 16.5. The Balaban J connectivity index is 1.39. The minimum absolute atomic E-state index is 0.0510. The molecule has 0 radical (unpaired) electrons. The average Bonchev–Trinajstić information content (AvgIpc) is 3.08. The van der Waals surface area contributed by atoms with Crippen molar-refractivity contribution >= 4 is 11.8 Å². The highest BCUT2D eigenvalue weighted by Crippen LogP contribution is 2.25. The fraction of sp³-hybridized carbons (Fsp3) is 0.440. The Morgan fingerprint density at radius 2 is 1.44 bits per heavy atom. The van der Waals surface area contributed by atoms with E-state index >= 15 is 0 Å². The van der Waals surface area contributed by atoms with Gasteiger partial charge in [-0.15, -0.1) is 0 Å². The van der Waals surface area contributed by atoms with E-state index in [0.717, 1.165) is 17.7 Å². The summed E-state index contributed by atoms with van der Waals surface area (Å²) in [5, 5.41) is 0. The van der Waals surface area contributed by atoms with Crippen molar-refractivity contribution in [3.8, 4) is 17.2 Å². The van der Waals surface area contributed by atoms with Gasteiger partial charge in [-0.25, -0.2) is 0 Å². The van der Waals surface area contributed by atoms with Crippen molar-refractivity contribution in [2.45, 2.75) is 26.2 Å². The van der Waals surface area contributed by atoms with Crippen LogP contribution in [0.5, 0.6) is 17.2 Å². The predicted octanol–water partition coefficient (Wildman–Crippen LogP) is 3.30. The molecule has 1 saturated heterocycles. The quantitative estimate of drug-likeness (QED) is 0.560. The number of hydrogen-bond donors (Lipinski definition) is 0. The van der Waals surface area contributed by atoms with E-state index in [1.54, 1.807) is 24.1 Å². The Labute approximate surface area is 189 Å². The monoisotopic (exact) mass is 440 g/mol. The zero-order chi connectivity index (χ0) is 22.8. The Bertz CT molecular complexity index is 901. The maximum atomic E-state index is 12.6. The highest BCUT2D eigenvalue weighted by molar-refractivity contribution is 5.78. The number of ether oxygens (including phenoxy) is 3. The van der Waals surface area contributed by atoms with Gasteiger partial charge in [0, 0.05) is 32.6 Å². The van der Waals surface area contributed by atoms with E-state index in [9.17, 15) is 9.59 Å². The summed E-state index contributed by atoms with van der Waals surface area (Å²) in [7, 11) is 1.57. The van der Waals surface area contributed by atoms with E-state index in [-0.39, 0.29) is 18.4 Å². The molecule has 0 bridgehead atoms. The number of methoxy groups -OCH3 is 1. The molecular weight excluding hydrogens is 408 g/mol. The van der Waals surface area contributed by atoms with Crippen LogP contribution in [0.25, 0.3) is 0 Å². The van der Waals surface area contributed by atoms with E-state index in [0.29, 0.717) is 57.1 Å². The summed E-state index contributed by atoms with van der Waals surface area (Å²) in [5.41, 5.74) is 1.09. The lowest BCUT2D eigenvalue weighted by atomic mass is 10.2. The van der Waals surface area contributed by atoms with Crippen LogP contribution in [0.3, 0.4) is 0 Å². The van der Waals surface area contributed by atoms with E-state index in [4.69, 9.17) is 14.2 Å². The van der Waals surface area contributed by atoms with Gasteiger partial charge in [0.05, 0.1) is 13.7 Å². The normalized spacial score (nSPS) is 13.9. The molecule has 1 aliphatic heterocycles. The van der Waals surface area contributed by atoms with Gasteiger partial charge in [-0.1, -0.05) is 30.3 Å². The molecule has 2 amide bonds. The standard InChI is InChI=1S/C25H32N2O5/c1-20-9-3-4-10-21(20)31-18-7-13-24(28)26-14-8-15-27(17-16-26)25(29)19-32-23-12-6-5-11-22(23)30-2/h3-6,9-12H,7-8,13-19H2,1-2H3. The molecule has 2 aromatic carbocycles. The molecule has 3 rings (SSSR count). The van der Waals surface area contributed by atoms with Crippen LogP contribution in [0.2, 0.25) is 0 Å². The van der Waals surface area contributed by atoms with E-state index in [1.165, 1.54) is 0 Å². The second-order valence-electron chi connectivity index (χ2n) is 7.77. The molecule has 1 aliphatic rings. The first-order valence-electron chi connectivity index (χ1n) is 11.1. The maximum absolute atomic E-state index is 12.6. The highest BCUT2D eigenvalue weighted by Gasteiger charge is 2.22. The largest absolute Gasteiger partial charge is 0.493 e. The summed E-state index contributed by atoms with van der Waals surface area (Å²) < 4.78 is 16.7. The second kappa shape index (κ2) is 12.0.